The van der Waals surface area contributed by atoms with Crippen molar-refractivity contribution in [3.8, 4) is 0 Å². The number of nitrogens with one attached hydrogen (secondary N) is 1. The molecule has 2 fully saturated rings. The van der Waals surface area contributed by atoms with Gasteiger partial charge in [0, 0.05) is 33.3 Å². The molecule has 2 saturated heterocycles. The van der Waals surface area contributed by atoms with E-state index in [0.29, 0.717) is 11.1 Å². The fourth-order valence-corrected chi connectivity index (χ4v) is 3.76. The number of benzene rings is 1. The highest BCUT2D eigenvalue weighted by molar-refractivity contribution is 9.10. The lowest BCUT2D eigenvalue weighted by Gasteiger charge is -2.37. The summed E-state index contributed by atoms with van der Waals surface area (Å²) < 4.78 is 25.5. The first kappa shape index (κ1) is 18.6. The first-order valence-electron chi connectivity index (χ1n) is 8.80. The lowest BCUT2D eigenvalue weighted by molar-refractivity contribution is -0.0816. The van der Waals surface area contributed by atoms with Gasteiger partial charge in [0.25, 0.3) is 0 Å². The Morgan fingerprint density at radius 1 is 1.36 bits per heavy atom. The van der Waals surface area contributed by atoms with Gasteiger partial charge in [0.1, 0.15) is 11.9 Å². The van der Waals surface area contributed by atoms with Crippen LogP contribution in [0.25, 0.3) is 0 Å². The summed E-state index contributed by atoms with van der Waals surface area (Å²) >= 11 is 3.23. The quantitative estimate of drug-likeness (QED) is 0.608. The Morgan fingerprint density at radius 3 is 2.92 bits per heavy atom. The van der Waals surface area contributed by atoms with E-state index in [-0.39, 0.29) is 18.0 Å². The van der Waals surface area contributed by atoms with Crippen LogP contribution in [0.4, 0.5) is 4.39 Å². The van der Waals surface area contributed by atoms with Crippen LogP contribution in [0.5, 0.6) is 0 Å². The van der Waals surface area contributed by atoms with E-state index < -0.39 is 0 Å². The van der Waals surface area contributed by atoms with Crippen LogP contribution in [0, 0.1) is 5.82 Å². The highest BCUT2D eigenvalue weighted by atomic mass is 79.9. The van der Waals surface area contributed by atoms with Gasteiger partial charge >= 0.3 is 0 Å². The minimum atomic E-state index is -0.235. The van der Waals surface area contributed by atoms with Crippen LogP contribution in [0.3, 0.4) is 0 Å². The Hall–Kier alpha value is -1.18. The van der Waals surface area contributed by atoms with Crippen molar-refractivity contribution in [3.63, 3.8) is 0 Å². The van der Waals surface area contributed by atoms with Crippen molar-refractivity contribution in [1.82, 2.24) is 10.2 Å². The van der Waals surface area contributed by atoms with Crippen LogP contribution in [-0.4, -0.2) is 63.0 Å². The molecule has 0 radical (unpaired) electrons. The van der Waals surface area contributed by atoms with E-state index in [9.17, 15) is 4.39 Å². The molecule has 0 amide bonds. The Morgan fingerprint density at radius 2 is 2.20 bits per heavy atom. The molecule has 0 spiro atoms. The Bertz CT molecular complexity index is 608. The molecule has 0 bridgehead atoms. The minimum Gasteiger partial charge on any atom is -0.375 e. The smallest absolute Gasteiger partial charge is 0.193 e. The second-order valence-electron chi connectivity index (χ2n) is 6.38. The first-order chi connectivity index (χ1) is 12.2. The first-order valence-corrected chi connectivity index (χ1v) is 9.59. The van der Waals surface area contributed by atoms with Crippen molar-refractivity contribution < 1.29 is 13.9 Å². The maximum atomic E-state index is 13.3. The van der Waals surface area contributed by atoms with Crippen LogP contribution in [0.2, 0.25) is 0 Å². The van der Waals surface area contributed by atoms with Crippen LogP contribution < -0.4 is 5.32 Å². The van der Waals surface area contributed by atoms with E-state index in [2.05, 4.69) is 31.1 Å². The van der Waals surface area contributed by atoms with Gasteiger partial charge in [-0.15, -0.1) is 0 Å². The predicted molar refractivity (Wildman–Crippen MR) is 99.5 cm³/mol. The Labute approximate surface area is 156 Å². The second kappa shape index (κ2) is 8.96. The minimum absolute atomic E-state index is 0.114. The number of hydrogen-bond donors (Lipinski definition) is 1. The third-order valence-corrected chi connectivity index (χ3v) is 5.27. The topological polar surface area (TPSA) is 46.1 Å². The lowest BCUT2D eigenvalue weighted by Crippen LogP contribution is -2.53. The SMILES string of the molecule is CN=C(NCCc1ccc(F)c(Br)c1)N1CCOC(C2CCCO2)C1. The lowest BCUT2D eigenvalue weighted by atomic mass is 10.1. The zero-order valence-electron chi connectivity index (χ0n) is 14.5. The van der Waals surface area contributed by atoms with E-state index in [1.807, 2.05) is 12.1 Å². The van der Waals surface area contributed by atoms with Crippen molar-refractivity contribution in [1.29, 1.82) is 0 Å². The summed E-state index contributed by atoms with van der Waals surface area (Å²) in [5.74, 6) is 0.647. The molecule has 5 nitrogen and oxygen atoms in total. The van der Waals surface area contributed by atoms with E-state index in [1.165, 1.54) is 6.07 Å². The monoisotopic (exact) mass is 413 g/mol. The molecule has 1 aromatic carbocycles. The summed E-state index contributed by atoms with van der Waals surface area (Å²) in [6.07, 6.45) is 3.31. The van der Waals surface area contributed by atoms with Gasteiger partial charge in [-0.05, 0) is 52.9 Å². The molecule has 0 saturated carbocycles. The molecule has 0 aromatic heterocycles. The van der Waals surface area contributed by atoms with Crippen LogP contribution in [0.15, 0.2) is 27.7 Å². The molecule has 0 aliphatic carbocycles. The number of ether oxygens (including phenoxy) is 2. The number of rotatable bonds is 4. The molecule has 3 rings (SSSR count). The van der Waals surface area contributed by atoms with Crippen LogP contribution in [0.1, 0.15) is 18.4 Å². The molecule has 1 aromatic rings. The summed E-state index contributed by atoms with van der Waals surface area (Å²) in [6.45, 7) is 3.89. The van der Waals surface area contributed by atoms with E-state index in [4.69, 9.17) is 9.47 Å². The number of nitrogens with zero attached hydrogens (tertiary/aromatic N) is 2. The van der Waals surface area contributed by atoms with Gasteiger partial charge in [0.15, 0.2) is 5.96 Å². The highest BCUT2D eigenvalue weighted by Gasteiger charge is 2.32. The number of halogens is 2. The summed E-state index contributed by atoms with van der Waals surface area (Å²) in [6, 6.07) is 5.12. The molecule has 2 aliphatic heterocycles. The zero-order valence-corrected chi connectivity index (χ0v) is 16.1. The number of aliphatic imine (C=N–C) groups is 1. The van der Waals surface area contributed by atoms with Gasteiger partial charge in [-0.2, -0.15) is 0 Å². The summed E-state index contributed by atoms with van der Waals surface area (Å²) in [5.41, 5.74) is 1.08. The summed E-state index contributed by atoms with van der Waals surface area (Å²) in [7, 11) is 1.80. The van der Waals surface area contributed by atoms with Gasteiger partial charge in [-0.25, -0.2) is 4.39 Å². The third kappa shape index (κ3) is 4.92. The van der Waals surface area contributed by atoms with E-state index >= 15 is 0 Å². The molecular formula is C18H25BrFN3O2. The number of guanidine groups is 1. The van der Waals surface area contributed by atoms with Crippen molar-refractivity contribution in [2.45, 2.75) is 31.5 Å². The molecule has 25 heavy (non-hydrogen) atoms. The fourth-order valence-electron chi connectivity index (χ4n) is 3.33. The normalized spacial score (nSPS) is 24.6. The number of morpholine rings is 1. The molecule has 138 valence electrons. The van der Waals surface area contributed by atoms with Gasteiger partial charge < -0.3 is 19.7 Å². The highest BCUT2D eigenvalue weighted by Crippen LogP contribution is 2.21. The average molecular weight is 414 g/mol. The van der Waals surface area contributed by atoms with Crippen molar-refractivity contribution in [3.05, 3.63) is 34.1 Å². The van der Waals surface area contributed by atoms with E-state index in [1.54, 1.807) is 7.05 Å². The number of hydrogen-bond acceptors (Lipinski definition) is 3. The Balaban J connectivity index is 1.50. The van der Waals surface area contributed by atoms with E-state index in [0.717, 1.165) is 57.0 Å². The maximum Gasteiger partial charge on any atom is 0.193 e. The summed E-state index contributed by atoms with van der Waals surface area (Å²) in [4.78, 5) is 6.63. The molecule has 1 N–H and O–H groups in total. The molecule has 7 heteroatoms. The molecule has 2 unspecified atom stereocenters. The molecule has 2 aliphatic rings. The second-order valence-corrected chi connectivity index (χ2v) is 7.23. The van der Waals surface area contributed by atoms with Gasteiger partial charge in [-0.3, -0.25) is 4.99 Å². The van der Waals surface area contributed by atoms with Crippen molar-refractivity contribution >= 4 is 21.9 Å². The van der Waals surface area contributed by atoms with Gasteiger partial charge in [0.2, 0.25) is 0 Å². The zero-order chi connectivity index (χ0) is 17.6. The largest absolute Gasteiger partial charge is 0.375 e. The average Bonchev–Trinajstić information content (AvgIpc) is 3.16. The molecule has 2 heterocycles. The third-order valence-electron chi connectivity index (χ3n) is 4.67. The van der Waals surface area contributed by atoms with Gasteiger partial charge in [0.05, 0.1) is 17.2 Å². The maximum absolute atomic E-state index is 13.3. The van der Waals surface area contributed by atoms with Gasteiger partial charge in [-0.1, -0.05) is 6.07 Å². The molecular weight excluding hydrogens is 389 g/mol. The van der Waals surface area contributed by atoms with Crippen molar-refractivity contribution in [2.24, 2.45) is 4.99 Å². The standard InChI is InChI=1S/C18H25BrFN3O2/c1-21-18(22-7-6-13-4-5-15(20)14(19)11-13)23-8-10-25-17(12-23)16-3-2-9-24-16/h4-5,11,16-17H,2-3,6-10,12H2,1H3,(H,21,22). The summed E-state index contributed by atoms with van der Waals surface area (Å²) in [5, 5.41) is 3.40. The predicted octanol–water partition coefficient (Wildman–Crippen LogP) is 2.59. The van der Waals surface area contributed by atoms with Crippen LogP contribution in [-0.2, 0) is 15.9 Å². The molecule has 2 atom stereocenters. The van der Waals surface area contributed by atoms with Crippen LogP contribution >= 0.6 is 15.9 Å². The fraction of sp³-hybridized carbons (Fsp3) is 0.611. The Kier molecular flexibility index (Phi) is 6.67. The van der Waals surface area contributed by atoms with Crippen molar-refractivity contribution in [2.75, 3.05) is 39.9 Å².